The molecule has 4 rings (SSSR count). The molecule has 0 N–H and O–H groups in total. The van der Waals surface area contributed by atoms with E-state index in [-0.39, 0.29) is 17.4 Å². The van der Waals surface area contributed by atoms with Gasteiger partial charge in [0.25, 0.3) is 10.0 Å². The molecular formula is C25H25NO3S. The van der Waals surface area contributed by atoms with Crippen LogP contribution in [0.15, 0.2) is 83.8 Å². The average molecular weight is 420 g/mol. The van der Waals surface area contributed by atoms with E-state index in [1.165, 1.54) is 0 Å². The molecule has 1 aliphatic rings. The maximum atomic E-state index is 13.6. The highest BCUT2D eigenvalue weighted by Crippen LogP contribution is 2.41. The lowest BCUT2D eigenvalue weighted by Gasteiger charge is -2.29. The van der Waals surface area contributed by atoms with Crippen molar-refractivity contribution in [3.63, 3.8) is 0 Å². The Balaban J connectivity index is 1.92. The van der Waals surface area contributed by atoms with Crippen LogP contribution in [-0.4, -0.2) is 25.2 Å². The van der Waals surface area contributed by atoms with E-state index >= 15 is 0 Å². The van der Waals surface area contributed by atoms with Gasteiger partial charge in [0.2, 0.25) is 5.91 Å². The Hall–Kier alpha value is -2.92. The molecule has 0 aromatic heterocycles. The lowest BCUT2D eigenvalue weighted by molar-refractivity contribution is -0.131. The van der Waals surface area contributed by atoms with Crippen molar-refractivity contribution in [1.29, 1.82) is 0 Å². The fourth-order valence-corrected chi connectivity index (χ4v) is 5.69. The molecule has 1 atom stereocenters. The molecule has 1 heterocycles. The minimum Gasteiger partial charge on any atom is -0.273 e. The topological polar surface area (TPSA) is 54.5 Å². The Kier molecular flexibility index (Phi) is 5.02. The first-order valence-corrected chi connectivity index (χ1v) is 11.4. The summed E-state index contributed by atoms with van der Waals surface area (Å²) in [6.07, 6.45) is 0. The van der Waals surface area contributed by atoms with Crippen molar-refractivity contribution in [2.45, 2.75) is 37.0 Å². The number of benzene rings is 3. The van der Waals surface area contributed by atoms with Crippen LogP contribution in [0.4, 0.5) is 0 Å². The number of aryl methyl sites for hydroxylation is 1. The van der Waals surface area contributed by atoms with Crippen LogP contribution in [0, 0.1) is 6.92 Å². The van der Waals surface area contributed by atoms with E-state index in [0.29, 0.717) is 0 Å². The van der Waals surface area contributed by atoms with Crippen LogP contribution in [0.2, 0.25) is 0 Å². The summed E-state index contributed by atoms with van der Waals surface area (Å²) < 4.78 is 28.2. The zero-order valence-corrected chi connectivity index (χ0v) is 18.2. The van der Waals surface area contributed by atoms with E-state index in [4.69, 9.17) is 0 Å². The molecule has 1 amide bonds. The Labute approximate surface area is 178 Å². The Morgan fingerprint density at radius 3 is 2.13 bits per heavy atom. The SMILES string of the molecule is Cc1ccc(S(=O)(=O)N2CC(c3ccccc3)c3ccccc3C(C)(C)C2=O)cc1. The highest BCUT2D eigenvalue weighted by Gasteiger charge is 2.45. The second-order valence-electron chi connectivity index (χ2n) is 8.33. The number of carbonyl (C=O) groups excluding carboxylic acids is 1. The number of nitrogens with zero attached hydrogens (tertiary/aromatic N) is 1. The van der Waals surface area contributed by atoms with Gasteiger partial charge in [-0.05, 0) is 49.6 Å². The molecule has 5 heteroatoms. The van der Waals surface area contributed by atoms with E-state index in [0.717, 1.165) is 26.6 Å². The van der Waals surface area contributed by atoms with Crippen LogP contribution in [0.1, 0.15) is 42.0 Å². The summed E-state index contributed by atoms with van der Waals surface area (Å²) in [6, 6.07) is 24.2. The first-order chi connectivity index (χ1) is 14.2. The molecule has 3 aromatic carbocycles. The maximum absolute atomic E-state index is 13.6. The smallest absolute Gasteiger partial charge is 0.266 e. The summed E-state index contributed by atoms with van der Waals surface area (Å²) >= 11 is 0. The van der Waals surface area contributed by atoms with Crippen molar-refractivity contribution in [3.05, 3.63) is 101 Å². The lowest BCUT2D eigenvalue weighted by atomic mass is 9.78. The average Bonchev–Trinajstić information content (AvgIpc) is 2.83. The number of amides is 1. The summed E-state index contributed by atoms with van der Waals surface area (Å²) in [5.41, 5.74) is 2.83. The largest absolute Gasteiger partial charge is 0.273 e. The second kappa shape index (κ2) is 7.40. The van der Waals surface area contributed by atoms with E-state index in [2.05, 4.69) is 0 Å². The van der Waals surface area contributed by atoms with Crippen LogP contribution in [-0.2, 0) is 20.2 Å². The Morgan fingerprint density at radius 1 is 0.867 bits per heavy atom. The van der Waals surface area contributed by atoms with Gasteiger partial charge in [0.15, 0.2) is 0 Å². The van der Waals surface area contributed by atoms with Gasteiger partial charge < -0.3 is 0 Å². The molecule has 1 aliphatic heterocycles. The van der Waals surface area contributed by atoms with Gasteiger partial charge in [0.05, 0.1) is 10.3 Å². The van der Waals surface area contributed by atoms with Gasteiger partial charge in [-0.1, -0.05) is 72.3 Å². The van der Waals surface area contributed by atoms with Crippen molar-refractivity contribution < 1.29 is 13.2 Å². The van der Waals surface area contributed by atoms with Crippen molar-refractivity contribution >= 4 is 15.9 Å². The molecule has 0 saturated carbocycles. The van der Waals surface area contributed by atoms with E-state index in [1.807, 2.05) is 61.5 Å². The lowest BCUT2D eigenvalue weighted by Crippen LogP contribution is -2.46. The summed E-state index contributed by atoms with van der Waals surface area (Å²) in [4.78, 5) is 13.8. The maximum Gasteiger partial charge on any atom is 0.266 e. The molecule has 0 fully saturated rings. The zero-order valence-electron chi connectivity index (χ0n) is 17.4. The normalized spacial score (nSPS) is 18.6. The van der Waals surface area contributed by atoms with Crippen molar-refractivity contribution in [2.24, 2.45) is 0 Å². The summed E-state index contributed by atoms with van der Waals surface area (Å²) in [5, 5.41) is 0. The molecule has 4 nitrogen and oxygen atoms in total. The molecule has 0 spiro atoms. The van der Waals surface area contributed by atoms with E-state index < -0.39 is 21.3 Å². The molecule has 30 heavy (non-hydrogen) atoms. The van der Waals surface area contributed by atoms with Gasteiger partial charge in [-0.25, -0.2) is 12.7 Å². The van der Waals surface area contributed by atoms with Gasteiger partial charge in [0, 0.05) is 12.5 Å². The van der Waals surface area contributed by atoms with Crippen LogP contribution >= 0.6 is 0 Å². The minimum atomic E-state index is -4.00. The summed E-state index contributed by atoms with van der Waals surface area (Å²) in [6.45, 7) is 5.58. The van der Waals surface area contributed by atoms with E-state index in [9.17, 15) is 13.2 Å². The minimum absolute atomic E-state index is 0.0689. The molecule has 154 valence electrons. The van der Waals surface area contributed by atoms with Crippen molar-refractivity contribution in [1.82, 2.24) is 4.31 Å². The van der Waals surface area contributed by atoms with Gasteiger partial charge in [-0.3, -0.25) is 4.79 Å². The molecule has 0 saturated heterocycles. The third kappa shape index (κ3) is 3.33. The van der Waals surface area contributed by atoms with E-state index in [1.54, 1.807) is 38.1 Å². The van der Waals surface area contributed by atoms with Crippen LogP contribution in [0.5, 0.6) is 0 Å². The number of rotatable bonds is 3. The highest BCUT2D eigenvalue weighted by molar-refractivity contribution is 7.89. The monoisotopic (exact) mass is 419 g/mol. The summed E-state index contributed by atoms with van der Waals surface area (Å²) in [7, 11) is -4.00. The molecule has 1 unspecified atom stereocenters. The van der Waals surface area contributed by atoms with Gasteiger partial charge in [-0.15, -0.1) is 0 Å². The van der Waals surface area contributed by atoms with Gasteiger partial charge in [0.1, 0.15) is 0 Å². The fourth-order valence-electron chi connectivity index (χ4n) is 4.16. The molecule has 3 aromatic rings. The first-order valence-electron chi connectivity index (χ1n) is 10.0. The molecule has 0 radical (unpaired) electrons. The third-order valence-electron chi connectivity index (χ3n) is 5.93. The van der Waals surface area contributed by atoms with Gasteiger partial charge in [-0.2, -0.15) is 0 Å². The first kappa shape index (κ1) is 20.4. The Morgan fingerprint density at radius 2 is 1.47 bits per heavy atom. The van der Waals surface area contributed by atoms with Crippen LogP contribution in [0.3, 0.4) is 0 Å². The van der Waals surface area contributed by atoms with Crippen molar-refractivity contribution in [2.75, 3.05) is 6.54 Å². The van der Waals surface area contributed by atoms with Crippen LogP contribution in [0.25, 0.3) is 0 Å². The molecule has 0 aliphatic carbocycles. The van der Waals surface area contributed by atoms with Gasteiger partial charge >= 0.3 is 0 Å². The number of fused-ring (bicyclic) bond motifs is 1. The third-order valence-corrected chi connectivity index (χ3v) is 7.69. The number of hydrogen-bond acceptors (Lipinski definition) is 3. The van der Waals surface area contributed by atoms with Crippen LogP contribution < -0.4 is 0 Å². The number of carbonyl (C=O) groups is 1. The fraction of sp³-hybridized carbons (Fsp3) is 0.240. The van der Waals surface area contributed by atoms with Crippen molar-refractivity contribution in [3.8, 4) is 0 Å². The molecular weight excluding hydrogens is 394 g/mol. The number of sulfonamides is 1. The number of hydrogen-bond donors (Lipinski definition) is 0. The molecule has 0 bridgehead atoms. The zero-order chi connectivity index (χ0) is 21.5. The summed E-state index contributed by atoms with van der Waals surface area (Å²) in [5.74, 6) is -0.651. The Bertz CT molecular complexity index is 1180. The highest BCUT2D eigenvalue weighted by atomic mass is 32.2. The second-order valence-corrected chi connectivity index (χ2v) is 10.2. The quantitative estimate of drug-likeness (QED) is 0.622. The predicted octanol–water partition coefficient (Wildman–Crippen LogP) is 4.64. The predicted molar refractivity (Wildman–Crippen MR) is 118 cm³/mol. The standard InChI is InChI=1S/C25H25NO3S/c1-18-13-15-20(16-14-18)30(28,29)26-17-22(19-9-5-4-6-10-19)21-11-7-8-12-23(21)25(2,3)24(26)27/h4-16,22H,17H2,1-3H3.